The summed E-state index contributed by atoms with van der Waals surface area (Å²) in [6.07, 6.45) is 2.64. The van der Waals surface area contributed by atoms with E-state index in [-0.39, 0.29) is 16.9 Å². The summed E-state index contributed by atoms with van der Waals surface area (Å²) in [5.41, 5.74) is 3.01. The highest BCUT2D eigenvalue weighted by molar-refractivity contribution is 7.92. The van der Waals surface area contributed by atoms with Crippen LogP contribution in [-0.4, -0.2) is 40.1 Å². The molecule has 0 spiro atoms. The largest absolute Gasteiger partial charge is 0.476 e. The molecule has 0 saturated carbocycles. The second-order valence-electron chi connectivity index (χ2n) is 11.0. The number of anilines is 3. The Bertz CT molecular complexity index is 1390. The van der Waals surface area contributed by atoms with E-state index in [0.29, 0.717) is 17.1 Å². The van der Waals surface area contributed by atoms with Gasteiger partial charge < -0.3 is 15.0 Å². The number of nitrogens with zero attached hydrogens (tertiary/aromatic N) is 2. The van der Waals surface area contributed by atoms with Crippen LogP contribution in [0, 0.1) is 0 Å². The van der Waals surface area contributed by atoms with Gasteiger partial charge in [-0.15, -0.1) is 0 Å². The van der Waals surface area contributed by atoms with Gasteiger partial charge in [0.05, 0.1) is 17.1 Å². The monoisotopic (exact) mass is 533 g/mol. The van der Waals surface area contributed by atoms with Crippen molar-refractivity contribution in [1.82, 2.24) is 0 Å². The van der Waals surface area contributed by atoms with Crippen LogP contribution in [0.1, 0.15) is 45.6 Å². The maximum Gasteiger partial charge on any atom is 0.267 e. The third-order valence-corrected chi connectivity index (χ3v) is 8.97. The van der Waals surface area contributed by atoms with Crippen molar-refractivity contribution < 1.29 is 17.9 Å². The van der Waals surface area contributed by atoms with Crippen molar-refractivity contribution in [2.24, 2.45) is 0 Å². The zero-order valence-electron chi connectivity index (χ0n) is 22.2. The second kappa shape index (κ2) is 10.3. The Labute approximate surface area is 225 Å². The van der Waals surface area contributed by atoms with Crippen LogP contribution in [-0.2, 0) is 20.2 Å². The average molecular weight is 534 g/mol. The summed E-state index contributed by atoms with van der Waals surface area (Å²) in [7, 11) is -3.93. The minimum absolute atomic E-state index is 0.129. The van der Waals surface area contributed by atoms with E-state index < -0.39 is 22.0 Å². The Morgan fingerprint density at radius 1 is 0.921 bits per heavy atom. The van der Waals surface area contributed by atoms with Crippen LogP contribution in [0.4, 0.5) is 17.1 Å². The van der Waals surface area contributed by atoms with Crippen LogP contribution in [0.3, 0.4) is 0 Å². The van der Waals surface area contributed by atoms with Crippen LogP contribution in [0.2, 0.25) is 0 Å². The molecular formula is C30H35N3O4S. The third kappa shape index (κ3) is 5.36. The molecule has 1 amide bonds. The Balaban J connectivity index is 1.41. The molecule has 200 valence electrons. The number of fused-ring (bicyclic) bond motifs is 1. The van der Waals surface area contributed by atoms with Crippen LogP contribution in [0.5, 0.6) is 5.75 Å². The van der Waals surface area contributed by atoms with Gasteiger partial charge in [0.15, 0.2) is 6.10 Å². The summed E-state index contributed by atoms with van der Waals surface area (Å²) in [6.45, 7) is 8.17. The van der Waals surface area contributed by atoms with Gasteiger partial charge in [-0.3, -0.25) is 9.10 Å². The van der Waals surface area contributed by atoms with Crippen molar-refractivity contribution in [3.8, 4) is 5.75 Å². The highest BCUT2D eigenvalue weighted by Crippen LogP contribution is 2.40. The van der Waals surface area contributed by atoms with Gasteiger partial charge in [0.25, 0.3) is 15.9 Å². The molecule has 1 N–H and O–H groups in total. The molecule has 8 heteroatoms. The van der Waals surface area contributed by atoms with Crippen molar-refractivity contribution in [2.75, 3.05) is 34.2 Å². The molecule has 2 aliphatic rings. The van der Waals surface area contributed by atoms with E-state index in [1.54, 1.807) is 36.4 Å². The van der Waals surface area contributed by atoms with Gasteiger partial charge in [-0.05, 0) is 78.8 Å². The maximum absolute atomic E-state index is 13.8. The molecule has 38 heavy (non-hydrogen) atoms. The quantitative estimate of drug-likeness (QED) is 0.464. The van der Waals surface area contributed by atoms with Crippen molar-refractivity contribution in [2.45, 2.75) is 56.4 Å². The third-order valence-electron chi connectivity index (χ3n) is 7.17. The Kier molecular flexibility index (Phi) is 7.09. The molecule has 1 atom stereocenters. The summed E-state index contributed by atoms with van der Waals surface area (Å²) in [5, 5.41) is 2.92. The van der Waals surface area contributed by atoms with Gasteiger partial charge in [-0.1, -0.05) is 45.0 Å². The lowest BCUT2D eigenvalue weighted by molar-refractivity contribution is -0.122. The number of hydrogen-bond acceptors (Lipinski definition) is 5. The van der Waals surface area contributed by atoms with E-state index in [9.17, 15) is 13.2 Å². The maximum atomic E-state index is 13.8. The number of sulfonamides is 1. The molecule has 5 rings (SSSR count). The molecule has 0 bridgehead atoms. The zero-order valence-corrected chi connectivity index (χ0v) is 23.0. The van der Waals surface area contributed by atoms with E-state index >= 15 is 0 Å². The van der Waals surface area contributed by atoms with Gasteiger partial charge in [0.2, 0.25) is 0 Å². The van der Waals surface area contributed by atoms with Gasteiger partial charge in [0.1, 0.15) is 5.75 Å². The van der Waals surface area contributed by atoms with Crippen LogP contribution in [0.15, 0.2) is 77.7 Å². The molecule has 2 heterocycles. The standard InChI is InChI=1S/C30H35N3O4S/c1-30(2,3)22-12-17-27-26(20-22)33(38(35,36)25-10-6-4-7-11-25)21-28(37-27)29(34)31-23-13-15-24(16-14-23)32-18-8-5-9-19-32/h4,6-7,10-17,20,28H,5,8-9,18-19,21H2,1-3H3,(H,31,34)/t28-/m1/s1. The summed E-state index contributed by atoms with van der Waals surface area (Å²) < 4.78 is 34.9. The first kappa shape index (κ1) is 26.1. The number of carbonyl (C=O) groups excluding carboxylic acids is 1. The first-order valence-electron chi connectivity index (χ1n) is 13.2. The number of ether oxygens (including phenoxy) is 1. The van der Waals surface area contributed by atoms with Crippen molar-refractivity contribution in [3.63, 3.8) is 0 Å². The number of rotatable bonds is 5. The van der Waals surface area contributed by atoms with Crippen molar-refractivity contribution >= 4 is 33.0 Å². The molecule has 3 aromatic rings. The lowest BCUT2D eigenvalue weighted by atomic mass is 9.86. The molecular weight excluding hydrogens is 498 g/mol. The Morgan fingerprint density at radius 2 is 1.61 bits per heavy atom. The second-order valence-corrected chi connectivity index (χ2v) is 12.8. The molecule has 1 saturated heterocycles. The van der Waals surface area contributed by atoms with Crippen LogP contribution < -0.4 is 19.3 Å². The molecule has 0 unspecified atom stereocenters. The first-order chi connectivity index (χ1) is 18.1. The van der Waals surface area contributed by atoms with E-state index in [0.717, 1.165) is 24.3 Å². The fourth-order valence-corrected chi connectivity index (χ4v) is 6.42. The molecule has 0 aliphatic carbocycles. The van der Waals surface area contributed by atoms with Gasteiger partial charge in [-0.25, -0.2) is 8.42 Å². The summed E-state index contributed by atoms with van der Waals surface area (Å²) >= 11 is 0. The molecule has 7 nitrogen and oxygen atoms in total. The zero-order chi connectivity index (χ0) is 26.9. The Hall–Kier alpha value is -3.52. The number of carbonyl (C=O) groups is 1. The normalized spacial score (nSPS) is 17.9. The van der Waals surface area contributed by atoms with Crippen molar-refractivity contribution in [3.05, 3.63) is 78.4 Å². The minimum atomic E-state index is -3.93. The van der Waals surface area contributed by atoms with E-state index in [1.807, 2.05) is 36.4 Å². The van der Waals surface area contributed by atoms with Crippen LogP contribution >= 0.6 is 0 Å². The van der Waals surface area contributed by atoms with Gasteiger partial charge in [0, 0.05) is 24.5 Å². The van der Waals surface area contributed by atoms with Gasteiger partial charge in [-0.2, -0.15) is 0 Å². The van der Waals surface area contributed by atoms with Crippen LogP contribution in [0.25, 0.3) is 0 Å². The SMILES string of the molecule is CC(C)(C)c1ccc2c(c1)N(S(=O)(=O)c1ccccc1)C[C@H](C(=O)Nc1ccc(N3CCCCC3)cc1)O2. The number of nitrogens with one attached hydrogen (secondary N) is 1. The molecule has 0 aromatic heterocycles. The van der Waals surface area contributed by atoms with Gasteiger partial charge >= 0.3 is 0 Å². The molecule has 3 aromatic carbocycles. The lowest BCUT2D eigenvalue weighted by Gasteiger charge is -2.36. The predicted molar refractivity (Wildman–Crippen MR) is 152 cm³/mol. The number of piperidine rings is 1. The number of amides is 1. The smallest absolute Gasteiger partial charge is 0.267 e. The first-order valence-corrected chi connectivity index (χ1v) is 14.6. The minimum Gasteiger partial charge on any atom is -0.476 e. The molecule has 2 aliphatic heterocycles. The van der Waals surface area contributed by atoms with E-state index in [2.05, 4.69) is 31.0 Å². The van der Waals surface area contributed by atoms with E-state index in [1.165, 1.54) is 23.6 Å². The lowest BCUT2D eigenvalue weighted by Crippen LogP contribution is -2.49. The number of hydrogen-bond donors (Lipinski definition) is 1. The topological polar surface area (TPSA) is 79.0 Å². The highest BCUT2D eigenvalue weighted by Gasteiger charge is 2.38. The summed E-state index contributed by atoms with van der Waals surface area (Å²) in [6, 6.07) is 21.6. The predicted octanol–water partition coefficient (Wildman–Crippen LogP) is 5.57. The Morgan fingerprint density at radius 3 is 2.26 bits per heavy atom. The average Bonchev–Trinajstić information content (AvgIpc) is 2.93. The van der Waals surface area contributed by atoms with E-state index in [4.69, 9.17) is 4.74 Å². The van der Waals surface area contributed by atoms with Crippen molar-refractivity contribution in [1.29, 1.82) is 0 Å². The highest BCUT2D eigenvalue weighted by atomic mass is 32.2. The fraction of sp³-hybridized carbons (Fsp3) is 0.367. The molecule has 0 radical (unpaired) electrons. The fourth-order valence-electron chi connectivity index (χ4n) is 4.93. The summed E-state index contributed by atoms with van der Waals surface area (Å²) in [5.74, 6) is -0.0288. The number of benzene rings is 3. The summed E-state index contributed by atoms with van der Waals surface area (Å²) in [4.78, 5) is 15.9. The molecule has 1 fully saturated rings.